The maximum atomic E-state index is 14.9. The van der Waals surface area contributed by atoms with E-state index >= 15 is 0 Å². The average molecular weight is 467 g/mol. The number of anilines is 3. The third-order valence-corrected chi connectivity index (χ3v) is 5.48. The number of hydrogen-bond acceptors (Lipinski definition) is 6. The summed E-state index contributed by atoms with van der Waals surface area (Å²) in [4.78, 5) is 31.0. The van der Waals surface area contributed by atoms with Gasteiger partial charge in [-0.1, -0.05) is 0 Å². The highest BCUT2D eigenvalue weighted by atomic mass is 19.2. The van der Waals surface area contributed by atoms with Crippen molar-refractivity contribution in [2.45, 2.75) is 13.0 Å². The third-order valence-electron chi connectivity index (χ3n) is 5.48. The second-order valence-corrected chi connectivity index (χ2v) is 7.73. The number of piperazine rings is 1. The van der Waals surface area contributed by atoms with Crippen molar-refractivity contribution in [1.29, 1.82) is 0 Å². The normalized spacial score (nSPS) is 18.5. The summed E-state index contributed by atoms with van der Waals surface area (Å²) in [6.07, 6.45) is -1.17. The van der Waals surface area contributed by atoms with Crippen molar-refractivity contribution in [1.82, 2.24) is 10.3 Å². The monoisotopic (exact) mass is 467 g/mol. The van der Waals surface area contributed by atoms with Crippen LogP contribution in [0.4, 0.5) is 39.5 Å². The Labute approximate surface area is 186 Å². The minimum Gasteiger partial charge on any atom is -0.442 e. The maximum Gasteiger partial charge on any atom is 0.414 e. The molecular formula is C21H21F4N5O3. The fourth-order valence-electron chi connectivity index (χ4n) is 3.83. The van der Waals surface area contributed by atoms with Crippen LogP contribution in [-0.2, 0) is 9.53 Å². The molecule has 176 valence electrons. The van der Waals surface area contributed by atoms with Crippen molar-refractivity contribution in [3.8, 4) is 0 Å². The summed E-state index contributed by atoms with van der Waals surface area (Å²) < 4.78 is 60.6. The number of nitrogens with one attached hydrogen (secondary N) is 1. The van der Waals surface area contributed by atoms with Crippen LogP contribution < -0.4 is 20.0 Å². The minimum absolute atomic E-state index is 0.163. The molecule has 3 heterocycles. The minimum atomic E-state index is -1.38. The molecule has 0 unspecified atom stereocenters. The number of ether oxygens (including phenoxy) is 1. The van der Waals surface area contributed by atoms with Gasteiger partial charge < -0.3 is 19.9 Å². The van der Waals surface area contributed by atoms with E-state index in [9.17, 15) is 27.2 Å². The van der Waals surface area contributed by atoms with Crippen molar-refractivity contribution in [2.75, 3.05) is 54.0 Å². The molecule has 2 aliphatic rings. The fourth-order valence-corrected chi connectivity index (χ4v) is 3.83. The van der Waals surface area contributed by atoms with Gasteiger partial charge >= 0.3 is 6.09 Å². The van der Waals surface area contributed by atoms with Crippen LogP contribution in [0.1, 0.15) is 6.92 Å². The van der Waals surface area contributed by atoms with Gasteiger partial charge in [0, 0.05) is 39.2 Å². The Morgan fingerprint density at radius 1 is 1.06 bits per heavy atom. The number of carbonyl (C=O) groups is 2. The molecule has 4 rings (SSSR count). The van der Waals surface area contributed by atoms with E-state index in [-0.39, 0.29) is 37.9 Å². The number of carbonyl (C=O) groups excluding carboxylic acids is 2. The van der Waals surface area contributed by atoms with E-state index in [1.54, 1.807) is 11.0 Å². The van der Waals surface area contributed by atoms with Gasteiger partial charge in [-0.05, 0) is 18.2 Å². The molecule has 2 fully saturated rings. The lowest BCUT2D eigenvalue weighted by Gasteiger charge is -2.37. The second kappa shape index (κ2) is 9.12. The number of benzene rings is 1. The van der Waals surface area contributed by atoms with Crippen LogP contribution >= 0.6 is 0 Å². The van der Waals surface area contributed by atoms with E-state index < -0.39 is 35.6 Å². The molecule has 0 saturated carbocycles. The van der Waals surface area contributed by atoms with Crippen LogP contribution in [0.3, 0.4) is 0 Å². The highest BCUT2D eigenvalue weighted by molar-refractivity contribution is 5.90. The van der Waals surface area contributed by atoms with E-state index in [1.165, 1.54) is 28.9 Å². The molecule has 12 heteroatoms. The van der Waals surface area contributed by atoms with Crippen molar-refractivity contribution in [3.05, 3.63) is 47.7 Å². The molecule has 2 saturated heterocycles. The molecule has 2 amide bonds. The van der Waals surface area contributed by atoms with E-state index in [1.807, 2.05) is 0 Å². The lowest BCUT2D eigenvalue weighted by Crippen LogP contribution is -2.47. The van der Waals surface area contributed by atoms with Gasteiger partial charge in [-0.25, -0.2) is 18.0 Å². The molecule has 0 spiro atoms. The van der Waals surface area contributed by atoms with E-state index in [0.29, 0.717) is 30.5 Å². The van der Waals surface area contributed by atoms with Gasteiger partial charge in [0.15, 0.2) is 17.5 Å². The van der Waals surface area contributed by atoms with Crippen LogP contribution in [0.25, 0.3) is 0 Å². The highest BCUT2D eigenvalue weighted by Crippen LogP contribution is 2.29. The van der Waals surface area contributed by atoms with Crippen LogP contribution in [-0.4, -0.2) is 62.4 Å². The first kappa shape index (κ1) is 22.6. The number of nitrogens with zero attached hydrogens (tertiary/aromatic N) is 4. The first-order valence-electron chi connectivity index (χ1n) is 10.3. The molecule has 0 radical (unpaired) electrons. The summed E-state index contributed by atoms with van der Waals surface area (Å²) in [5, 5.41) is 2.57. The Kier molecular flexibility index (Phi) is 6.25. The highest BCUT2D eigenvalue weighted by Gasteiger charge is 2.33. The number of hydrogen-bond donors (Lipinski definition) is 1. The summed E-state index contributed by atoms with van der Waals surface area (Å²) in [7, 11) is 0. The largest absolute Gasteiger partial charge is 0.442 e. The van der Waals surface area contributed by atoms with Crippen molar-refractivity contribution >= 4 is 29.2 Å². The molecule has 2 aromatic rings. The molecule has 8 nitrogen and oxygen atoms in total. The number of amides is 2. The summed E-state index contributed by atoms with van der Waals surface area (Å²) in [5.41, 5.74) is 0.609. The number of rotatable bonds is 5. The van der Waals surface area contributed by atoms with Gasteiger partial charge in [-0.2, -0.15) is 9.37 Å². The molecule has 33 heavy (non-hydrogen) atoms. The lowest BCUT2D eigenvalue weighted by molar-refractivity contribution is -0.119. The average Bonchev–Trinajstić information content (AvgIpc) is 3.15. The molecular weight excluding hydrogens is 446 g/mol. The van der Waals surface area contributed by atoms with Gasteiger partial charge in [-0.3, -0.25) is 9.69 Å². The molecule has 1 aromatic carbocycles. The number of aromatic nitrogens is 1. The van der Waals surface area contributed by atoms with Gasteiger partial charge in [0.05, 0.1) is 24.5 Å². The lowest BCUT2D eigenvalue weighted by atomic mass is 10.2. The summed E-state index contributed by atoms with van der Waals surface area (Å²) >= 11 is 0. The first-order valence-corrected chi connectivity index (χ1v) is 10.3. The zero-order valence-corrected chi connectivity index (χ0v) is 17.7. The molecule has 1 atom stereocenters. The Bertz CT molecular complexity index is 1080. The Morgan fingerprint density at radius 2 is 1.76 bits per heavy atom. The predicted octanol–water partition coefficient (Wildman–Crippen LogP) is 2.43. The maximum absolute atomic E-state index is 14.9. The van der Waals surface area contributed by atoms with E-state index in [4.69, 9.17) is 4.74 Å². The Morgan fingerprint density at radius 3 is 2.42 bits per heavy atom. The summed E-state index contributed by atoms with van der Waals surface area (Å²) in [6.45, 7) is 2.72. The molecule has 0 bridgehead atoms. The molecule has 1 N–H and O–H groups in total. The zero-order chi connectivity index (χ0) is 23.7. The fraction of sp³-hybridized carbons (Fsp3) is 0.381. The predicted molar refractivity (Wildman–Crippen MR) is 111 cm³/mol. The number of halogens is 4. The first-order chi connectivity index (χ1) is 15.7. The number of cyclic esters (lactones) is 1. The van der Waals surface area contributed by atoms with Crippen LogP contribution in [0.15, 0.2) is 24.3 Å². The van der Waals surface area contributed by atoms with Crippen LogP contribution in [0.2, 0.25) is 0 Å². The topological polar surface area (TPSA) is 78.0 Å². The van der Waals surface area contributed by atoms with Gasteiger partial charge in [0.1, 0.15) is 11.9 Å². The molecule has 1 aromatic heterocycles. The van der Waals surface area contributed by atoms with Crippen LogP contribution in [0.5, 0.6) is 0 Å². The van der Waals surface area contributed by atoms with Crippen LogP contribution in [0, 0.1) is 23.4 Å². The van der Waals surface area contributed by atoms with Crippen molar-refractivity contribution in [2.24, 2.45) is 0 Å². The third kappa shape index (κ3) is 4.78. The summed E-state index contributed by atoms with van der Waals surface area (Å²) in [6, 6.07) is 4.79. The number of pyridine rings is 1. The van der Waals surface area contributed by atoms with E-state index in [0.717, 1.165) is 0 Å². The SMILES string of the molecule is CC(=O)NC[C@H]1CN(c2ccc(N3CCN(c4nc(F)c(F)cc4F)CC3)c(F)c2)C(=O)O1. The van der Waals surface area contributed by atoms with Gasteiger partial charge in [0.25, 0.3) is 5.95 Å². The quantitative estimate of drug-likeness (QED) is 0.538. The summed E-state index contributed by atoms with van der Waals surface area (Å²) in [5.74, 6) is -4.80. The van der Waals surface area contributed by atoms with Gasteiger partial charge in [0.2, 0.25) is 5.91 Å². The standard InChI is InChI=1S/C21H21F4N5O3/c1-12(31)26-10-14-11-30(21(32)33-14)13-2-3-18(15(22)8-13)28-4-6-29(7-5-28)20-17(24)9-16(23)19(25)27-20/h2-3,8-9,14H,4-7,10-11H2,1H3,(H,26,31)/t14-/m0/s1. The van der Waals surface area contributed by atoms with E-state index in [2.05, 4.69) is 10.3 Å². The smallest absolute Gasteiger partial charge is 0.414 e. The van der Waals surface area contributed by atoms with Crippen molar-refractivity contribution < 1.29 is 31.9 Å². The Hall–Kier alpha value is -3.57. The van der Waals surface area contributed by atoms with Gasteiger partial charge in [-0.15, -0.1) is 0 Å². The molecule has 2 aliphatic heterocycles. The Balaban J connectivity index is 1.41. The second-order valence-electron chi connectivity index (χ2n) is 7.73. The van der Waals surface area contributed by atoms with Crippen molar-refractivity contribution in [3.63, 3.8) is 0 Å². The zero-order valence-electron chi connectivity index (χ0n) is 17.7. The molecule has 0 aliphatic carbocycles.